The highest BCUT2D eigenvalue weighted by molar-refractivity contribution is 7.99. The molecule has 0 unspecified atom stereocenters. The quantitative estimate of drug-likeness (QED) is 0.561. The number of amides is 1. The van der Waals surface area contributed by atoms with Crippen molar-refractivity contribution in [2.24, 2.45) is 0 Å². The van der Waals surface area contributed by atoms with Gasteiger partial charge in [0, 0.05) is 18.7 Å². The summed E-state index contributed by atoms with van der Waals surface area (Å²) in [6.45, 7) is 2.27. The fourth-order valence-electron chi connectivity index (χ4n) is 3.61. The Morgan fingerprint density at radius 3 is 2.45 bits per heavy atom. The maximum atomic E-state index is 12.8. The largest absolute Gasteiger partial charge is 0.467 e. The Labute approximate surface area is 175 Å². The van der Waals surface area contributed by atoms with Crippen LogP contribution in [0.2, 0.25) is 0 Å². The number of carbonyl (C=O) groups is 1. The van der Waals surface area contributed by atoms with E-state index in [0.29, 0.717) is 12.3 Å². The second kappa shape index (κ2) is 9.78. The van der Waals surface area contributed by atoms with Gasteiger partial charge in [-0.15, -0.1) is 10.2 Å². The molecule has 0 aliphatic carbocycles. The van der Waals surface area contributed by atoms with Gasteiger partial charge in [-0.3, -0.25) is 9.36 Å². The molecule has 0 spiro atoms. The van der Waals surface area contributed by atoms with Crippen molar-refractivity contribution in [2.75, 3.05) is 18.8 Å². The summed E-state index contributed by atoms with van der Waals surface area (Å²) in [6, 6.07) is 13.8. The van der Waals surface area contributed by atoms with E-state index in [0.717, 1.165) is 48.2 Å². The molecule has 0 bridgehead atoms. The maximum Gasteiger partial charge on any atom is 0.233 e. The van der Waals surface area contributed by atoms with Crippen LogP contribution < -0.4 is 0 Å². The number of benzene rings is 1. The van der Waals surface area contributed by atoms with E-state index >= 15 is 0 Å². The molecule has 6 nitrogen and oxygen atoms in total. The van der Waals surface area contributed by atoms with Crippen molar-refractivity contribution in [1.29, 1.82) is 0 Å². The summed E-state index contributed by atoms with van der Waals surface area (Å²) in [5, 5.41) is 9.53. The minimum Gasteiger partial charge on any atom is -0.467 e. The van der Waals surface area contributed by atoms with Gasteiger partial charge in [0.05, 0.1) is 18.6 Å². The Kier molecular flexibility index (Phi) is 6.67. The molecular weight excluding hydrogens is 384 g/mol. The average Bonchev–Trinajstić information content (AvgIpc) is 3.37. The van der Waals surface area contributed by atoms with E-state index < -0.39 is 0 Å². The molecule has 0 atom stereocenters. The molecule has 0 radical (unpaired) electrons. The van der Waals surface area contributed by atoms with Gasteiger partial charge in [0.25, 0.3) is 0 Å². The third kappa shape index (κ3) is 5.09. The molecule has 3 aromatic rings. The van der Waals surface area contributed by atoms with Crippen molar-refractivity contribution >= 4 is 17.7 Å². The molecule has 7 heteroatoms. The fourth-order valence-corrected chi connectivity index (χ4v) is 4.45. The maximum absolute atomic E-state index is 12.8. The lowest BCUT2D eigenvalue weighted by molar-refractivity contribution is -0.128. The van der Waals surface area contributed by atoms with Crippen molar-refractivity contribution in [3.63, 3.8) is 0 Å². The van der Waals surface area contributed by atoms with E-state index in [1.807, 2.05) is 51.9 Å². The van der Waals surface area contributed by atoms with Gasteiger partial charge in [-0.1, -0.05) is 61.4 Å². The van der Waals surface area contributed by atoms with E-state index in [9.17, 15) is 4.79 Å². The molecule has 2 aromatic heterocycles. The van der Waals surface area contributed by atoms with Crippen LogP contribution in [0, 0.1) is 0 Å². The van der Waals surface area contributed by atoms with E-state index in [2.05, 4.69) is 10.2 Å². The molecule has 1 fully saturated rings. The van der Waals surface area contributed by atoms with Crippen molar-refractivity contribution in [3.8, 4) is 11.4 Å². The number of likely N-dealkylation sites (tertiary alicyclic amines) is 1. The van der Waals surface area contributed by atoms with Crippen LogP contribution in [0.5, 0.6) is 0 Å². The van der Waals surface area contributed by atoms with Gasteiger partial charge in [0.15, 0.2) is 11.0 Å². The first kappa shape index (κ1) is 19.8. The highest BCUT2D eigenvalue weighted by Gasteiger charge is 2.19. The van der Waals surface area contributed by atoms with E-state index in [-0.39, 0.29) is 5.91 Å². The molecule has 0 N–H and O–H groups in total. The predicted molar refractivity (Wildman–Crippen MR) is 114 cm³/mol. The van der Waals surface area contributed by atoms with Gasteiger partial charge in [-0.2, -0.15) is 0 Å². The minimum absolute atomic E-state index is 0.186. The van der Waals surface area contributed by atoms with Crippen LogP contribution in [-0.4, -0.2) is 44.4 Å². The van der Waals surface area contributed by atoms with Gasteiger partial charge >= 0.3 is 0 Å². The van der Waals surface area contributed by atoms with Gasteiger partial charge in [-0.25, -0.2) is 0 Å². The number of hydrogen-bond donors (Lipinski definition) is 0. The third-order valence-electron chi connectivity index (χ3n) is 5.18. The summed E-state index contributed by atoms with van der Waals surface area (Å²) in [5.41, 5.74) is 0.994. The van der Waals surface area contributed by atoms with Crippen LogP contribution in [-0.2, 0) is 11.3 Å². The van der Waals surface area contributed by atoms with Gasteiger partial charge < -0.3 is 9.32 Å². The summed E-state index contributed by atoms with van der Waals surface area (Å²) in [4.78, 5) is 14.8. The molecule has 4 rings (SSSR count). The number of nitrogens with zero attached hydrogens (tertiary/aromatic N) is 4. The number of furan rings is 1. The number of rotatable bonds is 6. The molecular formula is C22H26N4O2S. The molecule has 152 valence electrons. The Balaban J connectivity index is 1.50. The zero-order chi connectivity index (χ0) is 19.9. The predicted octanol–water partition coefficient (Wildman–Crippen LogP) is 4.47. The normalized spacial score (nSPS) is 15.1. The highest BCUT2D eigenvalue weighted by Crippen LogP contribution is 2.25. The van der Waals surface area contributed by atoms with E-state index in [1.54, 1.807) is 6.26 Å². The lowest BCUT2D eigenvalue weighted by Gasteiger charge is -2.24. The van der Waals surface area contributed by atoms with Crippen molar-refractivity contribution in [2.45, 2.75) is 43.8 Å². The second-order valence-electron chi connectivity index (χ2n) is 7.27. The molecule has 0 saturated carbocycles. The topological polar surface area (TPSA) is 64.2 Å². The van der Waals surface area contributed by atoms with Gasteiger partial charge in [-0.05, 0) is 25.0 Å². The van der Waals surface area contributed by atoms with Crippen LogP contribution >= 0.6 is 11.8 Å². The summed E-state index contributed by atoms with van der Waals surface area (Å²) in [7, 11) is 0. The van der Waals surface area contributed by atoms with Crippen LogP contribution in [0.25, 0.3) is 11.4 Å². The number of aromatic nitrogens is 3. The second-order valence-corrected chi connectivity index (χ2v) is 8.22. The average molecular weight is 411 g/mol. The molecule has 1 saturated heterocycles. The van der Waals surface area contributed by atoms with Crippen molar-refractivity contribution < 1.29 is 9.21 Å². The molecule has 1 aliphatic heterocycles. The van der Waals surface area contributed by atoms with Crippen LogP contribution in [0.4, 0.5) is 0 Å². The van der Waals surface area contributed by atoms with E-state index in [4.69, 9.17) is 4.42 Å². The Bertz CT molecular complexity index is 900. The van der Waals surface area contributed by atoms with Crippen molar-refractivity contribution in [1.82, 2.24) is 19.7 Å². The number of thioether (sulfide) groups is 1. The lowest BCUT2D eigenvalue weighted by Crippen LogP contribution is -2.35. The smallest absolute Gasteiger partial charge is 0.233 e. The first-order valence-electron chi connectivity index (χ1n) is 10.2. The van der Waals surface area contributed by atoms with E-state index in [1.165, 1.54) is 31.0 Å². The lowest BCUT2D eigenvalue weighted by atomic mass is 10.1. The highest BCUT2D eigenvalue weighted by atomic mass is 32.2. The Morgan fingerprint density at radius 2 is 1.72 bits per heavy atom. The fraction of sp³-hybridized carbons (Fsp3) is 0.409. The summed E-state index contributed by atoms with van der Waals surface area (Å²) < 4.78 is 7.57. The molecule has 29 heavy (non-hydrogen) atoms. The first-order valence-corrected chi connectivity index (χ1v) is 11.2. The zero-order valence-electron chi connectivity index (χ0n) is 16.5. The summed E-state index contributed by atoms with van der Waals surface area (Å²) in [6.07, 6.45) is 7.59. The standard InChI is InChI=1S/C22H26N4O2S/c27-20(25-13-7-2-1-3-8-14-25)17-29-22-24-23-21(18-10-5-4-6-11-18)26(22)16-19-12-9-15-28-19/h4-6,9-12,15H,1-3,7-8,13-14,16-17H2. The van der Waals surface area contributed by atoms with Crippen molar-refractivity contribution in [3.05, 3.63) is 54.5 Å². The number of carbonyl (C=O) groups excluding carboxylic acids is 1. The Morgan fingerprint density at radius 1 is 0.966 bits per heavy atom. The summed E-state index contributed by atoms with van der Waals surface area (Å²) >= 11 is 1.45. The molecule has 3 heterocycles. The molecule has 1 aliphatic rings. The third-order valence-corrected chi connectivity index (χ3v) is 6.13. The van der Waals surface area contributed by atoms with Crippen LogP contribution in [0.15, 0.2) is 58.3 Å². The Hall–Kier alpha value is -2.54. The van der Waals surface area contributed by atoms with Gasteiger partial charge in [0.2, 0.25) is 5.91 Å². The zero-order valence-corrected chi connectivity index (χ0v) is 17.3. The minimum atomic E-state index is 0.186. The molecule has 1 aromatic carbocycles. The monoisotopic (exact) mass is 410 g/mol. The first-order chi connectivity index (χ1) is 14.3. The number of hydrogen-bond acceptors (Lipinski definition) is 5. The van der Waals surface area contributed by atoms with Crippen LogP contribution in [0.3, 0.4) is 0 Å². The SMILES string of the molecule is O=C(CSc1nnc(-c2ccccc2)n1Cc1ccco1)N1CCCCCCC1. The van der Waals surface area contributed by atoms with Crippen LogP contribution in [0.1, 0.15) is 37.9 Å². The summed E-state index contributed by atoms with van der Waals surface area (Å²) in [5.74, 6) is 2.18. The molecule has 1 amide bonds. The van der Waals surface area contributed by atoms with Gasteiger partial charge in [0.1, 0.15) is 5.76 Å².